The molecule has 4 aliphatic rings. The van der Waals surface area contributed by atoms with Gasteiger partial charge < -0.3 is 14.4 Å². The molecule has 3 heterocycles. The van der Waals surface area contributed by atoms with E-state index in [-0.39, 0.29) is 11.8 Å². The van der Waals surface area contributed by atoms with Crippen molar-refractivity contribution in [2.24, 2.45) is 23.7 Å². The van der Waals surface area contributed by atoms with Gasteiger partial charge in [0.1, 0.15) is 12.4 Å². The summed E-state index contributed by atoms with van der Waals surface area (Å²) >= 11 is 6.37. The second-order valence-corrected chi connectivity index (χ2v) is 16.6. The topological polar surface area (TPSA) is 88.2 Å². The van der Waals surface area contributed by atoms with Crippen LogP contribution in [0.2, 0.25) is 5.02 Å². The highest BCUT2D eigenvalue weighted by atomic mass is 35.5. The number of sulfonamides is 1. The molecule has 0 aromatic heterocycles. The summed E-state index contributed by atoms with van der Waals surface area (Å²) in [5.41, 5.74) is 3.41. The van der Waals surface area contributed by atoms with Crippen LogP contribution in [0.1, 0.15) is 73.9 Å². The summed E-state index contributed by atoms with van der Waals surface area (Å²) in [7, 11) is -3.92. The van der Waals surface area contributed by atoms with E-state index in [1.54, 1.807) is 13.0 Å². The summed E-state index contributed by atoms with van der Waals surface area (Å²) in [5, 5.41) is -0.0324. The van der Waals surface area contributed by atoms with Gasteiger partial charge in [-0.2, -0.15) is 0 Å². The van der Waals surface area contributed by atoms with Crippen LogP contribution in [0, 0.1) is 35.5 Å². The number of ether oxygens (including phenoxy) is 2. The van der Waals surface area contributed by atoms with Crippen molar-refractivity contribution >= 4 is 33.2 Å². The van der Waals surface area contributed by atoms with Crippen molar-refractivity contribution in [1.29, 1.82) is 0 Å². The number of anilines is 1. The molecule has 1 aliphatic carbocycles. The first-order chi connectivity index (χ1) is 23.7. The molecule has 1 N–H and O–H groups in total. The normalized spacial score (nSPS) is 28.5. The first kappa shape index (κ1) is 35.8. The van der Waals surface area contributed by atoms with E-state index in [2.05, 4.69) is 38.5 Å². The van der Waals surface area contributed by atoms with Crippen LogP contribution in [0.15, 0.2) is 48.6 Å². The maximum atomic E-state index is 13.5. The van der Waals surface area contributed by atoms with Crippen LogP contribution < -0.4 is 14.4 Å². The number of rotatable bonds is 2. The van der Waals surface area contributed by atoms with Crippen molar-refractivity contribution in [3.63, 3.8) is 0 Å². The monoisotopic (exact) mass is 707 g/mol. The molecule has 0 unspecified atom stereocenters. The summed E-state index contributed by atoms with van der Waals surface area (Å²) in [6.07, 6.45) is 10.8. The van der Waals surface area contributed by atoms with Crippen molar-refractivity contribution in [1.82, 2.24) is 9.62 Å². The molecule has 49 heavy (non-hydrogen) atoms. The van der Waals surface area contributed by atoms with E-state index in [0.29, 0.717) is 36.2 Å². The van der Waals surface area contributed by atoms with E-state index in [0.717, 1.165) is 101 Å². The number of benzene rings is 2. The van der Waals surface area contributed by atoms with Crippen molar-refractivity contribution in [3.8, 4) is 17.6 Å². The molecular weight excluding hydrogens is 658 g/mol. The number of carbonyl (C=O) groups excluding carboxylic acids is 1. The molecule has 2 fully saturated rings. The number of nitrogens with zero attached hydrogens (tertiary/aromatic N) is 2. The van der Waals surface area contributed by atoms with Crippen LogP contribution in [0.4, 0.5) is 5.69 Å². The van der Waals surface area contributed by atoms with Gasteiger partial charge in [0.05, 0.1) is 24.2 Å². The standard InChI is InChI=1S/C39H50ClN3O5S/c1-28-8-7-11-30(9-3-5-18-42-20-22-47-23-21-42)36-16-13-33(36)26-43-19-6-4-10-31-24-35(40)15-12-34(31)27-48-38-17-14-32(25-37(38)43)39(44)41-49(45,46)29(28)2/h7,11-12,14-15,17,24-25,28-30,33,36H,4-6,8,10,13,16,18-23,26-27H2,1-2H3,(H,41,44)/b11-7+/t28-,29+,30-,33-,36-/m0/s1. The van der Waals surface area contributed by atoms with E-state index >= 15 is 0 Å². The average molecular weight is 708 g/mol. The molecule has 1 amide bonds. The molecule has 2 bridgehead atoms. The Hall–Kier alpha value is -3.03. The van der Waals surface area contributed by atoms with Crippen LogP contribution >= 0.6 is 11.6 Å². The highest BCUT2D eigenvalue weighted by Gasteiger charge is 2.37. The lowest BCUT2D eigenvalue weighted by Gasteiger charge is -2.43. The summed E-state index contributed by atoms with van der Waals surface area (Å²) < 4.78 is 41.2. The van der Waals surface area contributed by atoms with Gasteiger partial charge in [-0.15, -0.1) is 5.92 Å². The highest BCUT2D eigenvalue weighted by Crippen LogP contribution is 2.43. The lowest BCUT2D eigenvalue weighted by Crippen LogP contribution is -2.42. The SMILES string of the molecule is C[C@@H]1[C@@H](C)C/C=C/[C@H](C#CCCN2CCOCC2)[C@@H]2CC[C@H]2CN2CCCCc3cc(Cl)ccc3COc3ccc(cc32)C(=O)NS1(=O)=O. The van der Waals surface area contributed by atoms with Crippen molar-refractivity contribution < 1.29 is 22.7 Å². The minimum atomic E-state index is -3.92. The molecule has 8 nitrogen and oxygen atoms in total. The molecule has 6 rings (SSSR count). The number of allylic oxidation sites excluding steroid dienone is 2. The Morgan fingerprint density at radius 3 is 2.65 bits per heavy atom. The van der Waals surface area contributed by atoms with E-state index in [1.807, 2.05) is 37.3 Å². The largest absolute Gasteiger partial charge is 0.487 e. The Morgan fingerprint density at radius 2 is 1.86 bits per heavy atom. The molecule has 0 spiro atoms. The fraction of sp³-hybridized carbons (Fsp3) is 0.564. The number of amides is 1. The van der Waals surface area contributed by atoms with Gasteiger partial charge in [-0.05, 0) is 105 Å². The second-order valence-electron chi connectivity index (χ2n) is 14.2. The van der Waals surface area contributed by atoms with Crippen LogP contribution in [-0.4, -0.2) is 70.4 Å². The van der Waals surface area contributed by atoms with Crippen molar-refractivity contribution in [3.05, 3.63) is 70.3 Å². The summed E-state index contributed by atoms with van der Waals surface area (Å²) in [4.78, 5) is 18.3. The zero-order chi connectivity index (χ0) is 34.4. The van der Waals surface area contributed by atoms with E-state index in [4.69, 9.17) is 21.1 Å². The maximum absolute atomic E-state index is 13.5. The van der Waals surface area contributed by atoms with E-state index in [9.17, 15) is 13.2 Å². The predicted octanol–water partition coefficient (Wildman–Crippen LogP) is 6.47. The van der Waals surface area contributed by atoms with Gasteiger partial charge in [0, 0.05) is 55.6 Å². The Labute approximate surface area is 297 Å². The number of halogens is 1. The third-order valence-electron chi connectivity index (χ3n) is 10.9. The zero-order valence-corrected chi connectivity index (χ0v) is 30.4. The van der Waals surface area contributed by atoms with Gasteiger partial charge in [-0.1, -0.05) is 42.7 Å². The zero-order valence-electron chi connectivity index (χ0n) is 28.8. The van der Waals surface area contributed by atoms with Crippen LogP contribution in [0.5, 0.6) is 5.75 Å². The quantitative estimate of drug-likeness (QED) is 0.283. The lowest BCUT2D eigenvalue weighted by atomic mass is 9.66. The molecule has 2 aromatic carbocycles. The Morgan fingerprint density at radius 1 is 1.02 bits per heavy atom. The second kappa shape index (κ2) is 16.3. The first-order valence-electron chi connectivity index (χ1n) is 18.0. The molecule has 5 atom stereocenters. The summed E-state index contributed by atoms with van der Waals surface area (Å²) in [6, 6.07) is 11.3. The Balaban J connectivity index is 1.32. The molecule has 1 saturated heterocycles. The highest BCUT2D eigenvalue weighted by molar-refractivity contribution is 7.90. The number of carbonyl (C=O) groups is 1. The van der Waals surface area contributed by atoms with Crippen LogP contribution in [0.25, 0.3) is 0 Å². The number of hydrogen-bond donors (Lipinski definition) is 1. The molecule has 1 saturated carbocycles. The fourth-order valence-corrected chi connectivity index (χ4v) is 8.88. The maximum Gasteiger partial charge on any atom is 0.264 e. The Bertz CT molecular complexity index is 1680. The predicted molar refractivity (Wildman–Crippen MR) is 196 cm³/mol. The van der Waals surface area contributed by atoms with Crippen LogP contribution in [0.3, 0.4) is 0 Å². The summed E-state index contributed by atoms with van der Waals surface area (Å²) in [6.45, 7) is 10.0. The molecule has 0 radical (unpaired) electrons. The summed E-state index contributed by atoms with van der Waals surface area (Å²) in [5.74, 6) is 7.96. The minimum absolute atomic E-state index is 0.0976. The number of fused-ring (bicyclic) bond motifs is 3. The number of morpholine rings is 1. The molecule has 3 aliphatic heterocycles. The van der Waals surface area contributed by atoms with Gasteiger partial charge in [-0.3, -0.25) is 9.69 Å². The third-order valence-corrected chi connectivity index (χ3v) is 13.1. The number of hydrogen-bond acceptors (Lipinski definition) is 7. The number of nitrogens with one attached hydrogen (secondary N) is 1. The van der Waals surface area contributed by atoms with Gasteiger partial charge in [0.15, 0.2) is 0 Å². The fourth-order valence-electron chi connectivity index (χ4n) is 7.40. The third kappa shape index (κ3) is 9.02. The van der Waals surface area contributed by atoms with Gasteiger partial charge in [-0.25, -0.2) is 13.1 Å². The van der Waals surface area contributed by atoms with Gasteiger partial charge in [0.2, 0.25) is 10.0 Å². The number of aryl methyl sites for hydroxylation is 1. The first-order valence-corrected chi connectivity index (χ1v) is 19.9. The molecule has 10 heteroatoms. The van der Waals surface area contributed by atoms with Crippen molar-refractivity contribution in [2.75, 3.05) is 50.8 Å². The van der Waals surface area contributed by atoms with Gasteiger partial charge in [0.25, 0.3) is 5.91 Å². The molecule has 264 valence electrons. The van der Waals surface area contributed by atoms with E-state index < -0.39 is 21.2 Å². The molecule has 2 aromatic rings. The van der Waals surface area contributed by atoms with E-state index in [1.165, 1.54) is 5.56 Å². The Kier molecular flexibility index (Phi) is 11.9. The minimum Gasteiger partial charge on any atom is -0.487 e. The smallest absolute Gasteiger partial charge is 0.264 e. The van der Waals surface area contributed by atoms with Gasteiger partial charge >= 0.3 is 0 Å². The van der Waals surface area contributed by atoms with Crippen molar-refractivity contribution in [2.45, 2.75) is 70.7 Å². The lowest BCUT2D eigenvalue weighted by molar-refractivity contribution is 0.0389. The van der Waals surface area contributed by atoms with Crippen LogP contribution in [-0.2, 0) is 27.8 Å². The average Bonchev–Trinajstić information content (AvgIpc) is 3.11. The molecular formula is C39H50ClN3O5S.